The smallest absolute Gasteiger partial charge is 0.265 e. The summed E-state index contributed by atoms with van der Waals surface area (Å²) in [4.78, 5) is 13.9. The van der Waals surface area contributed by atoms with Gasteiger partial charge in [-0.25, -0.2) is 0 Å². The number of nitriles is 1. The number of hydrogen-bond acceptors (Lipinski definition) is 3. The van der Waals surface area contributed by atoms with Gasteiger partial charge in [-0.1, -0.05) is 18.2 Å². The third-order valence-corrected chi connectivity index (χ3v) is 3.61. The van der Waals surface area contributed by atoms with E-state index >= 15 is 0 Å². The Morgan fingerprint density at radius 3 is 2.86 bits per heavy atom. The van der Waals surface area contributed by atoms with Gasteiger partial charge in [-0.2, -0.15) is 5.26 Å². The molecule has 2 aromatic rings. The van der Waals surface area contributed by atoms with Crippen molar-refractivity contribution in [3.63, 3.8) is 0 Å². The molecular weight excluding hydrogens is 264 g/mol. The van der Waals surface area contributed by atoms with Crippen LogP contribution in [0.15, 0.2) is 42.5 Å². The standard InChI is InChI=1S/C17H14N2O2/c1-12-8-13(9-18)6-7-14(12)10-19-15-4-2-3-5-16(15)21-11-17(19)20/h2-8H,10-11H2,1H3. The maximum absolute atomic E-state index is 12.1. The molecule has 4 heteroatoms. The predicted molar refractivity (Wildman–Crippen MR) is 79.0 cm³/mol. The van der Waals surface area contributed by atoms with Crippen molar-refractivity contribution >= 4 is 11.6 Å². The Hall–Kier alpha value is -2.80. The second-order valence-corrected chi connectivity index (χ2v) is 4.99. The van der Waals surface area contributed by atoms with Crippen LogP contribution in [0.2, 0.25) is 0 Å². The lowest BCUT2D eigenvalue weighted by atomic mass is 10.0. The second-order valence-electron chi connectivity index (χ2n) is 4.99. The number of ether oxygens (including phenoxy) is 1. The summed E-state index contributed by atoms with van der Waals surface area (Å²) in [5.74, 6) is 0.667. The molecule has 4 nitrogen and oxygen atoms in total. The van der Waals surface area contributed by atoms with Crippen LogP contribution in [0.4, 0.5) is 5.69 Å². The van der Waals surface area contributed by atoms with Crippen LogP contribution in [0.3, 0.4) is 0 Å². The SMILES string of the molecule is Cc1cc(C#N)ccc1CN1C(=O)COc2ccccc21. The van der Waals surface area contributed by atoms with Crippen molar-refractivity contribution in [2.75, 3.05) is 11.5 Å². The molecule has 1 aliphatic rings. The van der Waals surface area contributed by atoms with Gasteiger partial charge in [0.2, 0.25) is 0 Å². The highest BCUT2D eigenvalue weighted by Crippen LogP contribution is 2.32. The molecule has 0 bridgehead atoms. The maximum Gasteiger partial charge on any atom is 0.265 e. The fourth-order valence-electron chi connectivity index (χ4n) is 2.44. The summed E-state index contributed by atoms with van der Waals surface area (Å²) < 4.78 is 5.44. The molecule has 0 fully saturated rings. The molecule has 1 aliphatic heterocycles. The zero-order valence-electron chi connectivity index (χ0n) is 11.7. The van der Waals surface area contributed by atoms with Crippen LogP contribution in [-0.2, 0) is 11.3 Å². The molecule has 1 heterocycles. The Morgan fingerprint density at radius 2 is 2.10 bits per heavy atom. The van der Waals surface area contributed by atoms with E-state index in [4.69, 9.17) is 10.00 Å². The summed E-state index contributed by atoms with van der Waals surface area (Å²) in [6.45, 7) is 2.50. The van der Waals surface area contributed by atoms with Crippen LogP contribution in [0.25, 0.3) is 0 Å². The number of amides is 1. The first-order chi connectivity index (χ1) is 10.2. The third-order valence-electron chi connectivity index (χ3n) is 3.61. The Balaban J connectivity index is 1.95. The number of anilines is 1. The molecule has 0 aliphatic carbocycles. The molecule has 0 N–H and O–H groups in total. The van der Waals surface area contributed by atoms with Gasteiger partial charge in [0.15, 0.2) is 6.61 Å². The van der Waals surface area contributed by atoms with E-state index in [1.165, 1.54) is 0 Å². The molecule has 0 radical (unpaired) electrons. The first-order valence-corrected chi connectivity index (χ1v) is 6.71. The molecule has 1 amide bonds. The van der Waals surface area contributed by atoms with Gasteiger partial charge in [0.1, 0.15) is 5.75 Å². The monoisotopic (exact) mass is 278 g/mol. The zero-order chi connectivity index (χ0) is 14.8. The zero-order valence-corrected chi connectivity index (χ0v) is 11.7. The predicted octanol–water partition coefficient (Wildman–Crippen LogP) is 2.79. The molecule has 0 unspecified atom stereocenters. The van der Waals surface area contributed by atoms with Crippen LogP contribution in [0.1, 0.15) is 16.7 Å². The van der Waals surface area contributed by atoms with Crippen LogP contribution in [0, 0.1) is 18.3 Å². The minimum atomic E-state index is -0.0579. The van der Waals surface area contributed by atoms with Crippen molar-refractivity contribution < 1.29 is 9.53 Å². The summed E-state index contributed by atoms with van der Waals surface area (Å²) in [5, 5.41) is 8.92. The van der Waals surface area contributed by atoms with Crippen molar-refractivity contribution in [2.45, 2.75) is 13.5 Å². The number of para-hydroxylation sites is 2. The highest BCUT2D eigenvalue weighted by Gasteiger charge is 2.25. The number of rotatable bonds is 2. The summed E-state index contributed by atoms with van der Waals surface area (Å²) in [7, 11) is 0. The van der Waals surface area contributed by atoms with Crippen molar-refractivity contribution in [1.82, 2.24) is 0 Å². The van der Waals surface area contributed by atoms with Crippen LogP contribution in [-0.4, -0.2) is 12.5 Å². The Morgan fingerprint density at radius 1 is 1.29 bits per heavy atom. The van der Waals surface area contributed by atoms with Gasteiger partial charge in [0, 0.05) is 0 Å². The first kappa shape index (κ1) is 13.2. The largest absolute Gasteiger partial charge is 0.482 e. The number of fused-ring (bicyclic) bond motifs is 1. The number of aryl methyl sites for hydroxylation is 1. The van der Waals surface area contributed by atoms with E-state index in [0.717, 1.165) is 22.6 Å². The molecule has 0 saturated carbocycles. The van der Waals surface area contributed by atoms with Gasteiger partial charge in [-0.05, 0) is 42.3 Å². The second kappa shape index (κ2) is 5.29. The van der Waals surface area contributed by atoms with Crippen molar-refractivity contribution in [3.05, 3.63) is 59.2 Å². The van der Waals surface area contributed by atoms with Gasteiger partial charge in [0.25, 0.3) is 5.91 Å². The van der Waals surface area contributed by atoms with E-state index < -0.39 is 0 Å². The van der Waals surface area contributed by atoms with Gasteiger partial charge >= 0.3 is 0 Å². The average molecular weight is 278 g/mol. The van der Waals surface area contributed by atoms with E-state index in [2.05, 4.69) is 6.07 Å². The molecule has 0 atom stereocenters. The highest BCUT2D eigenvalue weighted by atomic mass is 16.5. The summed E-state index contributed by atoms with van der Waals surface area (Å²) in [6.07, 6.45) is 0. The van der Waals surface area contributed by atoms with Gasteiger partial charge in [0.05, 0.1) is 23.9 Å². The molecule has 104 valence electrons. The number of carbonyl (C=O) groups excluding carboxylic acids is 1. The van der Waals surface area contributed by atoms with Crippen molar-refractivity contribution in [1.29, 1.82) is 5.26 Å². The first-order valence-electron chi connectivity index (χ1n) is 6.71. The topological polar surface area (TPSA) is 53.3 Å². The van der Waals surface area contributed by atoms with Gasteiger partial charge < -0.3 is 9.64 Å². The van der Waals surface area contributed by atoms with Crippen molar-refractivity contribution in [2.24, 2.45) is 0 Å². The summed E-state index contributed by atoms with van der Waals surface area (Å²) >= 11 is 0. The third kappa shape index (κ3) is 2.46. The molecular formula is C17H14N2O2. The molecule has 0 spiro atoms. The van der Waals surface area contributed by atoms with Crippen LogP contribution < -0.4 is 9.64 Å². The van der Waals surface area contributed by atoms with E-state index in [1.807, 2.05) is 43.3 Å². The quantitative estimate of drug-likeness (QED) is 0.848. The normalized spacial score (nSPS) is 13.3. The van der Waals surface area contributed by atoms with Crippen LogP contribution >= 0.6 is 0 Å². The van der Waals surface area contributed by atoms with E-state index in [0.29, 0.717) is 12.1 Å². The lowest BCUT2D eigenvalue weighted by Crippen LogP contribution is -2.38. The minimum Gasteiger partial charge on any atom is -0.482 e. The molecule has 3 rings (SSSR count). The fraction of sp³-hybridized carbons (Fsp3) is 0.176. The molecule has 21 heavy (non-hydrogen) atoms. The lowest BCUT2D eigenvalue weighted by molar-refractivity contribution is -0.121. The minimum absolute atomic E-state index is 0.0579. The van der Waals surface area contributed by atoms with Gasteiger partial charge in [-0.3, -0.25) is 4.79 Å². The highest BCUT2D eigenvalue weighted by molar-refractivity contribution is 5.97. The van der Waals surface area contributed by atoms with Crippen molar-refractivity contribution in [3.8, 4) is 11.8 Å². The number of hydrogen-bond donors (Lipinski definition) is 0. The Bertz CT molecular complexity index is 747. The maximum atomic E-state index is 12.1. The molecule has 0 saturated heterocycles. The van der Waals surface area contributed by atoms with E-state index in [9.17, 15) is 4.79 Å². The molecule has 2 aromatic carbocycles. The van der Waals surface area contributed by atoms with E-state index in [1.54, 1.807) is 11.0 Å². The Labute approximate surface area is 123 Å². The Kier molecular flexibility index (Phi) is 3.33. The number of benzene rings is 2. The lowest BCUT2D eigenvalue weighted by Gasteiger charge is -2.29. The van der Waals surface area contributed by atoms with Crippen LogP contribution in [0.5, 0.6) is 5.75 Å². The van der Waals surface area contributed by atoms with E-state index in [-0.39, 0.29) is 12.5 Å². The fourth-order valence-corrected chi connectivity index (χ4v) is 2.44. The molecule has 0 aromatic heterocycles. The van der Waals surface area contributed by atoms with Gasteiger partial charge in [-0.15, -0.1) is 0 Å². The number of carbonyl (C=O) groups is 1. The number of nitrogens with zero attached hydrogens (tertiary/aromatic N) is 2. The summed E-state index contributed by atoms with van der Waals surface area (Å²) in [5.41, 5.74) is 3.45. The average Bonchev–Trinajstić information content (AvgIpc) is 2.51. The summed E-state index contributed by atoms with van der Waals surface area (Å²) in [6, 6.07) is 15.2.